The van der Waals surface area contributed by atoms with Gasteiger partial charge in [0.2, 0.25) is 0 Å². The quantitative estimate of drug-likeness (QED) is 0.0194. The van der Waals surface area contributed by atoms with Gasteiger partial charge in [-0.3, -0.25) is 9.59 Å². The van der Waals surface area contributed by atoms with E-state index in [2.05, 4.69) is 28.1 Å². The molecule has 5 unspecified atom stereocenters. The molecular weight excluding hydrogens is 790 g/mol. The van der Waals surface area contributed by atoms with Crippen LogP contribution in [0.15, 0.2) is 0 Å². The molecule has 14 nitrogen and oxygen atoms in total. The van der Waals surface area contributed by atoms with Crippen molar-refractivity contribution in [2.75, 3.05) is 33.0 Å². The Labute approximate surface area is 352 Å². The normalized spacial score (nSPS) is 13.6. The molecule has 5 atom stereocenters. The fourth-order valence-electron chi connectivity index (χ4n) is 6.00. The molecule has 0 aliphatic rings. The van der Waals surface area contributed by atoms with Crippen molar-refractivity contribution in [2.24, 2.45) is 0 Å². The van der Waals surface area contributed by atoms with Crippen LogP contribution in [0.4, 0.5) is 0 Å². The van der Waals surface area contributed by atoms with Crippen LogP contribution in [-0.4, -0.2) is 73.5 Å². The number of ether oxygens (including phenoxy) is 2. The third kappa shape index (κ3) is 41.5. The first kappa shape index (κ1) is 56.8. The molecule has 0 aromatic rings. The van der Waals surface area contributed by atoms with E-state index in [1.807, 2.05) is 0 Å². The van der Waals surface area contributed by atoms with Crippen LogP contribution in [-0.2, 0) is 56.4 Å². The smallest absolute Gasteiger partial charge is 0.462 e. The molecule has 0 aromatic carbocycles. The summed E-state index contributed by atoms with van der Waals surface area (Å²) in [6.45, 7) is 4.36. The lowest BCUT2D eigenvalue weighted by Gasteiger charge is -2.16. The molecule has 58 heavy (non-hydrogen) atoms. The molecule has 0 radical (unpaired) electrons. The predicted molar refractivity (Wildman–Crippen MR) is 225 cm³/mol. The van der Waals surface area contributed by atoms with E-state index in [1.54, 1.807) is 6.92 Å². The van der Waals surface area contributed by atoms with E-state index >= 15 is 0 Å². The summed E-state index contributed by atoms with van der Waals surface area (Å²) in [4.78, 5) is 34.5. The lowest BCUT2D eigenvalue weighted by molar-refractivity contribution is -0.234. The van der Waals surface area contributed by atoms with Gasteiger partial charge in [-0.2, -0.15) is 9.78 Å². The lowest BCUT2D eigenvalue weighted by atomic mass is 10.0. The van der Waals surface area contributed by atoms with Gasteiger partial charge in [-0.15, -0.1) is 9.05 Å². The standard InChI is InChI=1S/C42H82O14P2/c1-4-7-9-11-13-15-17-19-21-23-25-27-29-31-41(45)49-36-40(54-42(46)32-30-28-26-24-22-20-18-16-14-12-10-8-5-2)37-53-58(48)56-51-34-39(44)35-52-57(47)55-50-33-38(43)6-3/h38-40,43-44H,4-37H2,1-3H3/q+2. The number of carbonyl (C=O) groups excluding carboxylic acids is 2. The van der Waals surface area contributed by atoms with Crippen LogP contribution in [0.3, 0.4) is 0 Å². The predicted octanol–water partition coefficient (Wildman–Crippen LogP) is 11.8. The molecule has 0 heterocycles. The molecule has 0 fully saturated rings. The molecule has 2 N–H and O–H groups in total. The molecule has 0 bridgehead atoms. The largest absolute Gasteiger partial charge is 0.728 e. The monoisotopic (exact) mass is 873 g/mol. The second-order valence-electron chi connectivity index (χ2n) is 15.3. The second kappa shape index (κ2) is 43.9. The van der Waals surface area contributed by atoms with Crippen LogP contribution >= 0.6 is 16.5 Å². The molecule has 0 aliphatic carbocycles. The zero-order valence-corrected chi connectivity index (χ0v) is 38.3. The van der Waals surface area contributed by atoms with E-state index in [9.17, 15) is 28.9 Å². The van der Waals surface area contributed by atoms with Crippen LogP contribution in [0.5, 0.6) is 0 Å². The summed E-state index contributed by atoms with van der Waals surface area (Å²) in [6, 6.07) is 0. The van der Waals surface area contributed by atoms with Gasteiger partial charge in [0.25, 0.3) is 0 Å². The number of aliphatic hydroxyl groups excluding tert-OH is 2. The van der Waals surface area contributed by atoms with Crippen molar-refractivity contribution >= 4 is 28.4 Å². The highest BCUT2D eigenvalue weighted by atomic mass is 31.1. The number of esters is 2. The van der Waals surface area contributed by atoms with Gasteiger partial charge < -0.3 is 19.7 Å². The van der Waals surface area contributed by atoms with Crippen molar-refractivity contribution in [3.63, 3.8) is 0 Å². The van der Waals surface area contributed by atoms with Crippen molar-refractivity contribution in [3.05, 3.63) is 0 Å². The highest BCUT2D eigenvalue weighted by molar-refractivity contribution is 7.33. The molecule has 0 spiro atoms. The third-order valence-corrected chi connectivity index (χ3v) is 10.8. The number of rotatable bonds is 46. The van der Waals surface area contributed by atoms with Crippen LogP contribution in [0.25, 0.3) is 0 Å². The van der Waals surface area contributed by atoms with Gasteiger partial charge in [-0.25, -0.2) is 0 Å². The maximum atomic E-state index is 12.7. The molecule has 0 saturated carbocycles. The number of hydrogen-bond acceptors (Lipinski definition) is 14. The molecule has 0 aromatic heterocycles. The van der Waals surface area contributed by atoms with E-state index in [0.717, 1.165) is 38.5 Å². The van der Waals surface area contributed by atoms with E-state index in [4.69, 9.17) is 23.4 Å². The first-order valence-electron chi connectivity index (χ1n) is 22.7. The zero-order chi connectivity index (χ0) is 42.7. The Morgan fingerprint density at radius 2 is 0.810 bits per heavy atom. The minimum Gasteiger partial charge on any atom is -0.462 e. The van der Waals surface area contributed by atoms with Gasteiger partial charge >= 0.3 is 28.4 Å². The van der Waals surface area contributed by atoms with Crippen molar-refractivity contribution in [3.8, 4) is 0 Å². The molecule has 0 rings (SSSR count). The average molecular weight is 873 g/mol. The van der Waals surface area contributed by atoms with Gasteiger partial charge in [-0.1, -0.05) is 175 Å². The minimum atomic E-state index is -2.87. The minimum absolute atomic E-state index is 0.199. The Morgan fingerprint density at radius 3 is 1.22 bits per heavy atom. The van der Waals surface area contributed by atoms with E-state index < -0.39 is 60.0 Å². The lowest BCUT2D eigenvalue weighted by Crippen LogP contribution is -2.29. The number of unbranched alkanes of at least 4 members (excludes halogenated alkanes) is 24. The van der Waals surface area contributed by atoms with Crippen LogP contribution in [0, 0.1) is 0 Å². The van der Waals surface area contributed by atoms with E-state index in [1.165, 1.54) is 116 Å². The van der Waals surface area contributed by atoms with Gasteiger partial charge in [0, 0.05) is 22.0 Å². The number of carbonyl (C=O) groups is 2. The summed E-state index contributed by atoms with van der Waals surface area (Å²) in [5.41, 5.74) is 0. The van der Waals surface area contributed by atoms with E-state index in [-0.39, 0.29) is 32.7 Å². The third-order valence-electron chi connectivity index (χ3n) is 9.65. The Bertz CT molecular complexity index is 976. The molecule has 342 valence electrons. The summed E-state index contributed by atoms with van der Waals surface area (Å²) >= 11 is 0. The zero-order valence-electron chi connectivity index (χ0n) is 36.5. The Morgan fingerprint density at radius 1 is 0.448 bits per heavy atom. The topological polar surface area (TPSA) is 183 Å². The maximum absolute atomic E-state index is 12.7. The maximum Gasteiger partial charge on any atom is 0.728 e. The Kier molecular flexibility index (Phi) is 43.0. The highest BCUT2D eigenvalue weighted by Gasteiger charge is 2.30. The summed E-state index contributed by atoms with van der Waals surface area (Å²) in [5, 5.41) is 19.3. The first-order valence-corrected chi connectivity index (χ1v) is 24.9. The van der Waals surface area contributed by atoms with E-state index in [0.29, 0.717) is 19.3 Å². The SMILES string of the molecule is CCCCCCCCCCCCCCCC(=O)OCC(CO[P+](=O)OOCC(O)CO[P+](=O)OOCC(O)CC)OC(=O)CCCCCCCCCCCCCCC. The van der Waals surface area contributed by atoms with Crippen LogP contribution < -0.4 is 0 Å². The van der Waals surface area contributed by atoms with Gasteiger partial charge in [0.05, 0.1) is 15.5 Å². The summed E-state index contributed by atoms with van der Waals surface area (Å²) in [5.74, 6) is -0.868. The number of aliphatic hydroxyl groups is 2. The summed E-state index contributed by atoms with van der Waals surface area (Å²) in [6.07, 6.45) is 28.9. The fourth-order valence-corrected chi connectivity index (χ4v) is 6.96. The Balaban J connectivity index is 4.48. The molecule has 0 aliphatic heterocycles. The van der Waals surface area contributed by atoms with Crippen molar-refractivity contribution in [2.45, 2.75) is 225 Å². The van der Waals surface area contributed by atoms with Crippen molar-refractivity contribution in [1.29, 1.82) is 0 Å². The van der Waals surface area contributed by atoms with Crippen molar-refractivity contribution < 1.29 is 66.6 Å². The first-order chi connectivity index (χ1) is 28.2. The second-order valence-corrected chi connectivity index (χ2v) is 17.0. The number of hydrogen-bond donors (Lipinski definition) is 2. The summed E-state index contributed by atoms with van der Waals surface area (Å²) < 4.78 is 53.9. The molecular formula is C42H82O14P2+2. The van der Waals surface area contributed by atoms with Gasteiger partial charge in [-0.05, 0) is 19.3 Å². The average Bonchev–Trinajstić information content (AvgIpc) is 3.21. The van der Waals surface area contributed by atoms with Gasteiger partial charge in [0.1, 0.15) is 39.1 Å². The van der Waals surface area contributed by atoms with Crippen LogP contribution in [0.2, 0.25) is 0 Å². The van der Waals surface area contributed by atoms with Crippen LogP contribution in [0.1, 0.15) is 207 Å². The molecule has 0 saturated heterocycles. The fraction of sp³-hybridized carbons (Fsp3) is 0.952. The highest BCUT2D eigenvalue weighted by Crippen LogP contribution is 2.26. The molecule has 0 amide bonds. The van der Waals surface area contributed by atoms with Gasteiger partial charge in [0.15, 0.2) is 6.10 Å². The van der Waals surface area contributed by atoms with Crippen molar-refractivity contribution in [1.82, 2.24) is 0 Å². The Hall–Kier alpha value is -1.18. The summed E-state index contributed by atoms with van der Waals surface area (Å²) in [7, 11) is -5.60. The molecule has 16 heteroatoms.